The lowest BCUT2D eigenvalue weighted by Crippen LogP contribution is -2.37. The molecule has 4 rings (SSSR count). The topological polar surface area (TPSA) is 69.7 Å². The number of nitrogens with zero attached hydrogens (tertiary/aromatic N) is 2. The highest BCUT2D eigenvalue weighted by Gasteiger charge is 2.43. The second-order valence-electron chi connectivity index (χ2n) is 7.47. The van der Waals surface area contributed by atoms with Gasteiger partial charge in [0.25, 0.3) is 11.8 Å². The Morgan fingerprint density at radius 2 is 1.81 bits per heavy atom. The molecule has 0 saturated carbocycles. The quantitative estimate of drug-likeness (QED) is 0.491. The fourth-order valence-corrected chi connectivity index (χ4v) is 5.29. The maximum atomic E-state index is 13.4. The lowest BCUT2D eigenvalue weighted by Gasteiger charge is -2.21. The van der Waals surface area contributed by atoms with Crippen molar-refractivity contribution in [1.82, 2.24) is 4.90 Å². The predicted octanol–water partition coefficient (Wildman–Crippen LogP) is 4.70. The van der Waals surface area contributed by atoms with Crippen LogP contribution in [-0.4, -0.2) is 39.5 Å². The summed E-state index contributed by atoms with van der Waals surface area (Å²) in [7, 11) is 0. The van der Waals surface area contributed by atoms with Crippen molar-refractivity contribution in [3.63, 3.8) is 0 Å². The normalized spacial score (nSPS) is 18.9. The van der Waals surface area contributed by atoms with E-state index in [9.17, 15) is 14.4 Å². The zero-order valence-corrected chi connectivity index (χ0v) is 19.8. The monoisotopic (exact) mass is 485 g/mol. The number of fused-ring (bicyclic) bond motifs is 1. The molecule has 2 aromatic carbocycles. The molecule has 6 nitrogen and oxygen atoms in total. The van der Waals surface area contributed by atoms with Crippen molar-refractivity contribution in [2.75, 3.05) is 16.8 Å². The van der Waals surface area contributed by atoms with Gasteiger partial charge in [-0.15, -0.1) is 0 Å². The Kier molecular flexibility index (Phi) is 6.37. The fraction of sp³-hybridized carbons (Fsp3) is 0.217. The summed E-state index contributed by atoms with van der Waals surface area (Å²) in [6, 6.07) is 13.8. The average molecular weight is 486 g/mol. The van der Waals surface area contributed by atoms with E-state index in [-0.39, 0.29) is 30.3 Å². The van der Waals surface area contributed by atoms with E-state index in [2.05, 4.69) is 5.32 Å². The summed E-state index contributed by atoms with van der Waals surface area (Å²) in [5.74, 6) is -1.01. The van der Waals surface area contributed by atoms with Gasteiger partial charge in [0, 0.05) is 22.3 Å². The van der Waals surface area contributed by atoms with Gasteiger partial charge < -0.3 is 5.32 Å². The maximum absolute atomic E-state index is 13.4. The predicted molar refractivity (Wildman–Crippen MR) is 133 cm³/mol. The van der Waals surface area contributed by atoms with Crippen molar-refractivity contribution in [3.05, 3.63) is 64.0 Å². The van der Waals surface area contributed by atoms with Crippen LogP contribution in [0.25, 0.3) is 5.57 Å². The van der Waals surface area contributed by atoms with E-state index in [1.54, 1.807) is 53.4 Å². The lowest BCUT2D eigenvalue weighted by atomic mass is 10.1. The molecule has 164 valence electrons. The number of amides is 3. The van der Waals surface area contributed by atoms with E-state index >= 15 is 0 Å². The first-order chi connectivity index (χ1) is 15.3. The zero-order chi connectivity index (χ0) is 23.0. The van der Waals surface area contributed by atoms with Gasteiger partial charge in [-0.1, -0.05) is 60.7 Å². The number of para-hydroxylation sites is 1. The molecule has 1 atom stereocenters. The fourth-order valence-electron chi connectivity index (χ4n) is 3.63. The number of thioether (sulfide) groups is 1. The molecule has 2 aliphatic rings. The molecule has 1 unspecified atom stereocenters. The highest BCUT2D eigenvalue weighted by molar-refractivity contribution is 8.26. The highest BCUT2D eigenvalue weighted by Crippen LogP contribution is 2.45. The number of thiocarbonyl (C=S) groups is 1. The first-order valence-corrected chi connectivity index (χ1v) is 11.7. The molecule has 0 bridgehead atoms. The molecule has 2 aromatic rings. The molecule has 2 aliphatic heterocycles. The van der Waals surface area contributed by atoms with Crippen LogP contribution in [0.4, 0.5) is 11.4 Å². The Balaban J connectivity index is 1.65. The Morgan fingerprint density at radius 3 is 2.50 bits per heavy atom. The number of rotatable bonds is 5. The first-order valence-electron chi connectivity index (χ1n) is 10.1. The summed E-state index contributed by atoms with van der Waals surface area (Å²) in [5.41, 5.74) is 2.09. The van der Waals surface area contributed by atoms with E-state index < -0.39 is 0 Å². The summed E-state index contributed by atoms with van der Waals surface area (Å²) in [4.78, 5) is 42.5. The SMILES string of the molecule is CCC(C)N1C(=O)/C(=C2/C(=O)N(CC(=O)Nc3ccc(Cl)cc3)c3ccccc32)SC1=S. The van der Waals surface area contributed by atoms with Crippen molar-refractivity contribution < 1.29 is 14.4 Å². The lowest BCUT2D eigenvalue weighted by molar-refractivity contribution is -0.123. The second-order valence-corrected chi connectivity index (χ2v) is 9.55. The summed E-state index contributed by atoms with van der Waals surface area (Å²) < 4.78 is 0.441. The van der Waals surface area contributed by atoms with E-state index in [0.29, 0.717) is 36.8 Å². The zero-order valence-electron chi connectivity index (χ0n) is 17.4. The number of anilines is 2. The van der Waals surface area contributed by atoms with Gasteiger partial charge in [-0.3, -0.25) is 24.2 Å². The third-order valence-electron chi connectivity index (χ3n) is 5.41. The van der Waals surface area contributed by atoms with Gasteiger partial charge in [0.1, 0.15) is 10.9 Å². The Labute approximate surface area is 200 Å². The van der Waals surface area contributed by atoms with Crippen molar-refractivity contribution in [1.29, 1.82) is 0 Å². The molecule has 32 heavy (non-hydrogen) atoms. The molecular formula is C23H20ClN3O3S2. The summed E-state index contributed by atoms with van der Waals surface area (Å²) in [5, 5.41) is 3.33. The molecule has 0 aliphatic carbocycles. The third kappa shape index (κ3) is 4.05. The van der Waals surface area contributed by atoms with Gasteiger partial charge in [0.05, 0.1) is 16.2 Å². The van der Waals surface area contributed by atoms with Crippen LogP contribution in [0.3, 0.4) is 0 Å². The van der Waals surface area contributed by atoms with Crippen LogP contribution in [0.5, 0.6) is 0 Å². The first kappa shape index (κ1) is 22.5. The Bertz CT molecular complexity index is 1160. The van der Waals surface area contributed by atoms with Crippen LogP contribution in [0, 0.1) is 0 Å². The molecule has 1 fully saturated rings. The van der Waals surface area contributed by atoms with Gasteiger partial charge in [-0.25, -0.2) is 0 Å². The largest absolute Gasteiger partial charge is 0.325 e. The molecular weight excluding hydrogens is 466 g/mol. The van der Waals surface area contributed by atoms with Crippen LogP contribution < -0.4 is 10.2 Å². The molecule has 0 radical (unpaired) electrons. The molecule has 3 amide bonds. The third-order valence-corrected chi connectivity index (χ3v) is 7.06. The standard InChI is InChI=1S/C23H20ClN3O3S2/c1-3-13(2)27-22(30)20(32-23(27)31)19-16-6-4-5-7-17(16)26(21(19)29)12-18(28)25-15-10-8-14(24)9-11-15/h4-11,13H,3,12H2,1-2H3,(H,25,28)/b20-19-. The van der Waals surface area contributed by atoms with Gasteiger partial charge >= 0.3 is 0 Å². The van der Waals surface area contributed by atoms with Gasteiger partial charge in [0.2, 0.25) is 5.91 Å². The van der Waals surface area contributed by atoms with E-state index in [1.807, 2.05) is 13.8 Å². The number of hydrogen-bond acceptors (Lipinski definition) is 5. The van der Waals surface area contributed by atoms with Crippen LogP contribution in [-0.2, 0) is 14.4 Å². The molecule has 1 saturated heterocycles. The Morgan fingerprint density at radius 1 is 1.12 bits per heavy atom. The van der Waals surface area contributed by atoms with Crippen molar-refractivity contribution >= 4 is 74.6 Å². The minimum Gasteiger partial charge on any atom is -0.325 e. The minimum atomic E-state index is -0.387. The number of halogens is 1. The molecule has 1 N–H and O–H groups in total. The van der Waals surface area contributed by atoms with Crippen LogP contribution in [0.15, 0.2) is 53.4 Å². The van der Waals surface area contributed by atoms with Crippen LogP contribution in [0.2, 0.25) is 5.02 Å². The molecule has 9 heteroatoms. The number of carbonyl (C=O) groups excluding carboxylic acids is 3. The summed E-state index contributed by atoms with van der Waals surface area (Å²) >= 11 is 12.5. The van der Waals surface area contributed by atoms with Gasteiger partial charge in [-0.2, -0.15) is 0 Å². The molecule has 2 heterocycles. The maximum Gasteiger partial charge on any atom is 0.267 e. The number of carbonyl (C=O) groups is 3. The smallest absolute Gasteiger partial charge is 0.267 e. The van der Waals surface area contributed by atoms with Gasteiger partial charge in [0.15, 0.2) is 0 Å². The van der Waals surface area contributed by atoms with E-state index in [1.165, 1.54) is 4.90 Å². The number of nitrogens with one attached hydrogen (secondary N) is 1. The number of benzene rings is 2. The highest BCUT2D eigenvalue weighted by atomic mass is 35.5. The van der Waals surface area contributed by atoms with Crippen molar-refractivity contribution in [2.45, 2.75) is 26.3 Å². The Hall–Kier alpha value is -2.68. The summed E-state index contributed by atoms with van der Waals surface area (Å²) in [6.45, 7) is 3.72. The second kappa shape index (κ2) is 9.05. The molecule has 0 spiro atoms. The number of hydrogen-bond donors (Lipinski definition) is 1. The summed E-state index contributed by atoms with van der Waals surface area (Å²) in [6.07, 6.45) is 0.747. The van der Waals surface area contributed by atoms with E-state index in [0.717, 1.165) is 18.2 Å². The molecule has 0 aromatic heterocycles. The van der Waals surface area contributed by atoms with E-state index in [4.69, 9.17) is 23.8 Å². The van der Waals surface area contributed by atoms with Crippen molar-refractivity contribution in [2.24, 2.45) is 0 Å². The van der Waals surface area contributed by atoms with Crippen LogP contribution in [0.1, 0.15) is 25.8 Å². The van der Waals surface area contributed by atoms with Gasteiger partial charge in [-0.05, 0) is 43.7 Å². The van der Waals surface area contributed by atoms with Crippen molar-refractivity contribution in [3.8, 4) is 0 Å². The minimum absolute atomic E-state index is 0.0615. The van der Waals surface area contributed by atoms with Crippen LogP contribution >= 0.6 is 35.6 Å². The average Bonchev–Trinajstić information content (AvgIpc) is 3.21.